The normalized spacial score (nSPS) is 11.1. The summed E-state index contributed by atoms with van der Waals surface area (Å²) in [6.07, 6.45) is -0.175. The maximum atomic E-state index is 12.3. The highest BCUT2D eigenvalue weighted by Gasteiger charge is 2.05. The molecule has 0 saturated carbocycles. The van der Waals surface area contributed by atoms with E-state index in [4.69, 9.17) is 0 Å². The number of halogens is 2. The molecule has 4 nitrogen and oxygen atoms in total. The van der Waals surface area contributed by atoms with Crippen LogP contribution in [0.4, 0.5) is 8.78 Å². The topological polar surface area (TPSA) is 53.6 Å². The average Bonchev–Trinajstić information content (AvgIpc) is 2.88. The van der Waals surface area contributed by atoms with Gasteiger partial charge in [-0.3, -0.25) is 5.10 Å². The summed E-state index contributed by atoms with van der Waals surface area (Å²) in [5.74, 6) is 0.829. The molecule has 0 spiro atoms. The number of H-pyrrole nitrogens is 1. The maximum Gasteiger partial charge on any atom is 0.263 e. The van der Waals surface area contributed by atoms with E-state index >= 15 is 0 Å². The second-order valence-corrected chi connectivity index (χ2v) is 3.90. The first-order valence-corrected chi connectivity index (χ1v) is 5.67. The van der Waals surface area contributed by atoms with Gasteiger partial charge < -0.3 is 5.32 Å². The van der Waals surface area contributed by atoms with Crippen LogP contribution < -0.4 is 5.32 Å². The Morgan fingerprint density at radius 3 is 2.61 bits per heavy atom. The first-order valence-electron chi connectivity index (χ1n) is 5.67. The van der Waals surface area contributed by atoms with Gasteiger partial charge in [0.15, 0.2) is 0 Å². The molecular formula is C12H14F2N4. The van der Waals surface area contributed by atoms with Crippen molar-refractivity contribution in [3.8, 4) is 0 Å². The molecule has 18 heavy (non-hydrogen) atoms. The van der Waals surface area contributed by atoms with Gasteiger partial charge in [0.05, 0.1) is 0 Å². The number of aromatic amines is 1. The quantitative estimate of drug-likeness (QED) is 0.774. The Morgan fingerprint density at radius 2 is 2.00 bits per heavy atom. The third-order valence-electron chi connectivity index (χ3n) is 2.56. The van der Waals surface area contributed by atoms with Gasteiger partial charge in [0.1, 0.15) is 12.2 Å². The Morgan fingerprint density at radius 1 is 1.22 bits per heavy atom. The van der Waals surface area contributed by atoms with Crippen molar-refractivity contribution in [2.24, 2.45) is 0 Å². The van der Waals surface area contributed by atoms with E-state index < -0.39 is 6.43 Å². The molecule has 0 aliphatic heterocycles. The minimum Gasteiger partial charge on any atom is -0.312 e. The number of nitrogens with zero attached hydrogens (tertiary/aromatic N) is 2. The zero-order valence-electron chi connectivity index (χ0n) is 9.74. The number of hydrogen-bond donors (Lipinski definition) is 2. The molecule has 96 valence electrons. The lowest BCUT2D eigenvalue weighted by Gasteiger charge is -2.05. The summed E-state index contributed by atoms with van der Waals surface area (Å²) >= 11 is 0. The lowest BCUT2D eigenvalue weighted by molar-refractivity contribution is 0.151. The van der Waals surface area contributed by atoms with Crippen LogP contribution in [0.2, 0.25) is 0 Å². The predicted octanol–water partition coefficient (Wildman–Crippen LogP) is 2.07. The Labute approximate surface area is 103 Å². The predicted molar refractivity (Wildman–Crippen MR) is 63.2 cm³/mol. The fraction of sp³-hybridized carbons (Fsp3) is 0.333. The minimum atomic E-state index is -2.40. The van der Waals surface area contributed by atoms with Crippen molar-refractivity contribution >= 4 is 0 Å². The summed E-state index contributed by atoms with van der Waals surface area (Å²) in [5.41, 5.74) is 1.04. The van der Waals surface area contributed by atoms with E-state index in [1.165, 1.54) is 18.5 Å². The fourth-order valence-electron chi connectivity index (χ4n) is 1.57. The molecule has 1 aromatic heterocycles. The smallest absolute Gasteiger partial charge is 0.263 e. The zero-order chi connectivity index (χ0) is 12.8. The molecule has 0 bridgehead atoms. The standard InChI is InChI=1S/C12H14F2N4/c13-12(14)10-3-1-9(2-4-10)7-15-6-5-11-16-8-17-18-11/h1-4,8,12,15H,5-7H2,(H,16,17,18). The fourth-order valence-corrected chi connectivity index (χ4v) is 1.57. The van der Waals surface area contributed by atoms with Crippen LogP contribution in [0.5, 0.6) is 0 Å². The molecule has 0 aliphatic carbocycles. The minimum absolute atomic E-state index is 0.0559. The van der Waals surface area contributed by atoms with Crippen molar-refractivity contribution < 1.29 is 8.78 Å². The molecule has 2 rings (SSSR count). The molecule has 0 atom stereocenters. The van der Waals surface area contributed by atoms with Crippen LogP contribution in [-0.2, 0) is 13.0 Å². The number of nitrogens with one attached hydrogen (secondary N) is 2. The molecule has 1 aromatic carbocycles. The molecule has 0 unspecified atom stereocenters. The molecule has 2 aromatic rings. The third-order valence-corrected chi connectivity index (χ3v) is 2.56. The number of aromatic nitrogens is 3. The average molecular weight is 252 g/mol. The van der Waals surface area contributed by atoms with Gasteiger partial charge in [-0.1, -0.05) is 24.3 Å². The van der Waals surface area contributed by atoms with Crippen molar-refractivity contribution in [1.82, 2.24) is 20.5 Å². The van der Waals surface area contributed by atoms with Crippen LogP contribution in [0.25, 0.3) is 0 Å². The Hall–Kier alpha value is -1.82. The van der Waals surface area contributed by atoms with Crippen LogP contribution in [0.3, 0.4) is 0 Å². The summed E-state index contributed by atoms with van der Waals surface area (Å²) in [4.78, 5) is 4.00. The van der Waals surface area contributed by atoms with Gasteiger partial charge in [-0.05, 0) is 5.56 Å². The molecular weight excluding hydrogens is 238 g/mol. The highest BCUT2D eigenvalue weighted by Crippen LogP contribution is 2.18. The zero-order valence-corrected chi connectivity index (χ0v) is 9.74. The molecule has 0 amide bonds. The Kier molecular flexibility index (Phi) is 4.35. The van der Waals surface area contributed by atoms with Gasteiger partial charge >= 0.3 is 0 Å². The number of alkyl halides is 2. The monoisotopic (exact) mass is 252 g/mol. The summed E-state index contributed by atoms with van der Waals surface area (Å²) in [7, 11) is 0. The van der Waals surface area contributed by atoms with Crippen molar-refractivity contribution in [2.45, 2.75) is 19.4 Å². The van der Waals surface area contributed by atoms with E-state index in [1.807, 2.05) is 0 Å². The second kappa shape index (κ2) is 6.20. The highest BCUT2D eigenvalue weighted by molar-refractivity contribution is 5.23. The van der Waals surface area contributed by atoms with E-state index in [0.717, 1.165) is 24.4 Å². The van der Waals surface area contributed by atoms with E-state index in [0.29, 0.717) is 6.54 Å². The largest absolute Gasteiger partial charge is 0.312 e. The molecule has 2 N–H and O–H groups in total. The van der Waals surface area contributed by atoms with Crippen LogP contribution in [0, 0.1) is 0 Å². The van der Waals surface area contributed by atoms with Crippen molar-refractivity contribution in [2.75, 3.05) is 6.54 Å². The van der Waals surface area contributed by atoms with Crippen LogP contribution in [0.15, 0.2) is 30.6 Å². The summed E-state index contributed by atoms with van der Waals surface area (Å²) in [6, 6.07) is 6.34. The molecule has 0 saturated heterocycles. The second-order valence-electron chi connectivity index (χ2n) is 3.90. The van der Waals surface area contributed by atoms with E-state index in [9.17, 15) is 8.78 Å². The van der Waals surface area contributed by atoms with Crippen LogP contribution in [0.1, 0.15) is 23.4 Å². The number of benzene rings is 1. The summed E-state index contributed by atoms with van der Waals surface area (Å²) in [6.45, 7) is 1.41. The third kappa shape index (κ3) is 3.59. The molecule has 0 aliphatic rings. The van der Waals surface area contributed by atoms with Gasteiger partial charge in [0.2, 0.25) is 0 Å². The van der Waals surface area contributed by atoms with Gasteiger partial charge in [0, 0.05) is 25.1 Å². The SMILES string of the molecule is FC(F)c1ccc(CNCCc2ncn[nH]2)cc1. The molecule has 0 radical (unpaired) electrons. The highest BCUT2D eigenvalue weighted by atomic mass is 19.3. The van der Waals surface area contributed by atoms with Gasteiger partial charge in [-0.2, -0.15) is 5.10 Å². The van der Waals surface area contributed by atoms with E-state index in [2.05, 4.69) is 20.5 Å². The van der Waals surface area contributed by atoms with Crippen molar-refractivity contribution in [3.05, 3.63) is 47.5 Å². The lowest BCUT2D eigenvalue weighted by atomic mass is 10.1. The van der Waals surface area contributed by atoms with E-state index in [-0.39, 0.29) is 5.56 Å². The number of hydrogen-bond acceptors (Lipinski definition) is 3. The summed E-state index contributed by atoms with van der Waals surface area (Å²) in [5, 5.41) is 9.74. The molecule has 6 heteroatoms. The maximum absolute atomic E-state index is 12.3. The first kappa shape index (κ1) is 12.6. The van der Waals surface area contributed by atoms with E-state index in [1.54, 1.807) is 12.1 Å². The van der Waals surface area contributed by atoms with Crippen LogP contribution in [-0.4, -0.2) is 21.7 Å². The number of rotatable bonds is 6. The molecule has 0 fully saturated rings. The van der Waals surface area contributed by atoms with Crippen molar-refractivity contribution in [1.29, 1.82) is 0 Å². The Bertz CT molecular complexity index is 453. The summed E-state index contributed by atoms with van der Waals surface area (Å²) < 4.78 is 24.7. The van der Waals surface area contributed by atoms with Gasteiger partial charge in [-0.25, -0.2) is 13.8 Å². The first-order chi connectivity index (χ1) is 8.75. The van der Waals surface area contributed by atoms with Crippen molar-refractivity contribution in [3.63, 3.8) is 0 Å². The van der Waals surface area contributed by atoms with Gasteiger partial charge in [-0.15, -0.1) is 0 Å². The Balaban J connectivity index is 1.73. The van der Waals surface area contributed by atoms with Gasteiger partial charge in [0.25, 0.3) is 6.43 Å². The molecule has 1 heterocycles. The van der Waals surface area contributed by atoms with Crippen LogP contribution >= 0.6 is 0 Å². The lowest BCUT2D eigenvalue weighted by Crippen LogP contribution is -2.17.